The number of rotatable bonds is 8. The smallest absolute Gasteiger partial charge is 0.161 e. The summed E-state index contributed by atoms with van der Waals surface area (Å²) in [4.78, 5) is 0. The molecule has 1 aliphatic heterocycles. The second kappa shape index (κ2) is 8.15. The summed E-state index contributed by atoms with van der Waals surface area (Å²) < 4.78 is 11.4. The van der Waals surface area contributed by atoms with Gasteiger partial charge in [-0.05, 0) is 18.6 Å². The van der Waals surface area contributed by atoms with Gasteiger partial charge in [-0.2, -0.15) is 0 Å². The SMILES string of the molecule is CCCCCCCCC(O)C1COc2ccccc2O1. The molecule has 3 nitrogen and oxygen atoms in total. The van der Waals surface area contributed by atoms with Gasteiger partial charge in [0, 0.05) is 0 Å². The molecule has 0 amide bonds. The Morgan fingerprint density at radius 1 is 1.10 bits per heavy atom. The molecule has 1 aromatic rings. The van der Waals surface area contributed by atoms with Crippen LogP contribution in [0.15, 0.2) is 24.3 Å². The van der Waals surface area contributed by atoms with Crippen molar-refractivity contribution in [2.24, 2.45) is 0 Å². The van der Waals surface area contributed by atoms with Crippen LogP contribution in [0.25, 0.3) is 0 Å². The summed E-state index contributed by atoms with van der Waals surface area (Å²) in [7, 11) is 0. The number of ether oxygens (including phenoxy) is 2. The van der Waals surface area contributed by atoms with Gasteiger partial charge in [-0.1, -0.05) is 57.6 Å². The summed E-state index contributed by atoms with van der Waals surface area (Å²) in [5.74, 6) is 1.52. The van der Waals surface area contributed by atoms with E-state index >= 15 is 0 Å². The van der Waals surface area contributed by atoms with Crippen molar-refractivity contribution < 1.29 is 14.6 Å². The number of benzene rings is 1. The average Bonchev–Trinajstić information content (AvgIpc) is 2.50. The Bertz CT molecular complexity index is 392. The molecule has 1 aliphatic rings. The molecule has 0 bridgehead atoms. The largest absolute Gasteiger partial charge is 0.486 e. The molecule has 112 valence electrons. The number of aliphatic hydroxyl groups is 1. The zero-order valence-electron chi connectivity index (χ0n) is 12.4. The Balaban J connectivity index is 1.68. The highest BCUT2D eigenvalue weighted by molar-refractivity contribution is 5.40. The summed E-state index contributed by atoms with van der Waals surface area (Å²) in [5.41, 5.74) is 0. The van der Waals surface area contributed by atoms with E-state index in [9.17, 15) is 5.11 Å². The molecule has 2 rings (SSSR count). The van der Waals surface area contributed by atoms with Crippen molar-refractivity contribution in [3.8, 4) is 11.5 Å². The van der Waals surface area contributed by atoms with E-state index in [-0.39, 0.29) is 6.10 Å². The van der Waals surface area contributed by atoms with E-state index in [2.05, 4.69) is 6.92 Å². The van der Waals surface area contributed by atoms with Crippen LogP contribution in [0, 0.1) is 0 Å². The highest BCUT2D eigenvalue weighted by Crippen LogP contribution is 2.32. The molecule has 0 saturated heterocycles. The predicted octanol–water partition coefficient (Wildman–Crippen LogP) is 3.94. The maximum Gasteiger partial charge on any atom is 0.161 e. The monoisotopic (exact) mass is 278 g/mol. The Kier molecular flexibility index (Phi) is 6.19. The van der Waals surface area contributed by atoms with Crippen LogP contribution in [-0.4, -0.2) is 23.9 Å². The molecule has 0 radical (unpaired) electrons. The Morgan fingerprint density at radius 2 is 1.80 bits per heavy atom. The van der Waals surface area contributed by atoms with E-state index in [1.54, 1.807) is 0 Å². The molecule has 1 aromatic carbocycles. The number of hydrogen-bond donors (Lipinski definition) is 1. The van der Waals surface area contributed by atoms with E-state index in [0.717, 1.165) is 24.3 Å². The van der Waals surface area contributed by atoms with Crippen molar-refractivity contribution in [1.29, 1.82) is 0 Å². The van der Waals surface area contributed by atoms with Crippen LogP contribution in [-0.2, 0) is 0 Å². The molecular weight excluding hydrogens is 252 g/mol. The number of hydrogen-bond acceptors (Lipinski definition) is 3. The summed E-state index contributed by atoms with van der Waals surface area (Å²) in [6.07, 6.45) is 7.55. The molecule has 0 fully saturated rings. The first-order chi connectivity index (χ1) is 9.81. The zero-order chi connectivity index (χ0) is 14.2. The summed E-state index contributed by atoms with van der Waals surface area (Å²) in [5, 5.41) is 10.2. The Morgan fingerprint density at radius 3 is 2.60 bits per heavy atom. The number of unbranched alkanes of at least 4 members (excludes halogenated alkanes) is 5. The third-order valence-corrected chi connectivity index (χ3v) is 3.81. The molecule has 20 heavy (non-hydrogen) atoms. The number of fused-ring (bicyclic) bond motifs is 1. The minimum Gasteiger partial charge on any atom is -0.486 e. The Hall–Kier alpha value is -1.22. The highest BCUT2D eigenvalue weighted by atomic mass is 16.6. The van der Waals surface area contributed by atoms with E-state index in [1.807, 2.05) is 24.3 Å². The van der Waals surface area contributed by atoms with Gasteiger partial charge < -0.3 is 14.6 Å². The molecule has 0 saturated carbocycles. The molecule has 0 aromatic heterocycles. The molecule has 0 aliphatic carbocycles. The van der Waals surface area contributed by atoms with Crippen LogP contribution in [0.1, 0.15) is 51.9 Å². The van der Waals surface area contributed by atoms with E-state index in [4.69, 9.17) is 9.47 Å². The first-order valence-electron chi connectivity index (χ1n) is 7.88. The van der Waals surface area contributed by atoms with Gasteiger partial charge in [-0.25, -0.2) is 0 Å². The van der Waals surface area contributed by atoms with Crippen LogP contribution in [0.4, 0.5) is 0 Å². The van der Waals surface area contributed by atoms with Gasteiger partial charge in [-0.3, -0.25) is 0 Å². The van der Waals surface area contributed by atoms with Gasteiger partial charge in [0.25, 0.3) is 0 Å². The normalized spacial score (nSPS) is 18.8. The second-order valence-electron chi connectivity index (χ2n) is 5.54. The van der Waals surface area contributed by atoms with Gasteiger partial charge >= 0.3 is 0 Å². The third-order valence-electron chi connectivity index (χ3n) is 3.81. The van der Waals surface area contributed by atoms with Crippen LogP contribution in [0.3, 0.4) is 0 Å². The highest BCUT2D eigenvalue weighted by Gasteiger charge is 2.26. The predicted molar refractivity (Wildman–Crippen MR) is 80.4 cm³/mol. The van der Waals surface area contributed by atoms with Gasteiger partial charge in [0.15, 0.2) is 17.6 Å². The lowest BCUT2D eigenvalue weighted by Gasteiger charge is -2.29. The maximum atomic E-state index is 10.2. The molecule has 2 unspecified atom stereocenters. The molecular formula is C17H26O3. The van der Waals surface area contributed by atoms with Crippen molar-refractivity contribution in [1.82, 2.24) is 0 Å². The minimum absolute atomic E-state index is 0.236. The molecule has 1 heterocycles. The lowest BCUT2D eigenvalue weighted by atomic mass is 10.0. The molecule has 3 heteroatoms. The minimum atomic E-state index is -0.436. The standard InChI is InChI=1S/C17H26O3/c1-2-3-4-5-6-7-10-14(18)17-13-19-15-11-8-9-12-16(15)20-17/h8-9,11-12,14,17-18H,2-7,10,13H2,1H3. The zero-order valence-corrected chi connectivity index (χ0v) is 12.4. The Labute approximate surface area is 121 Å². The molecule has 1 N–H and O–H groups in total. The lowest BCUT2D eigenvalue weighted by molar-refractivity contribution is -0.0145. The summed E-state index contributed by atoms with van der Waals surface area (Å²) >= 11 is 0. The maximum absolute atomic E-state index is 10.2. The fourth-order valence-electron chi connectivity index (χ4n) is 2.55. The van der Waals surface area contributed by atoms with E-state index in [1.165, 1.54) is 32.1 Å². The van der Waals surface area contributed by atoms with Crippen LogP contribution in [0.5, 0.6) is 11.5 Å². The van der Waals surface area contributed by atoms with Gasteiger partial charge in [0.1, 0.15) is 6.61 Å². The van der Waals surface area contributed by atoms with Crippen molar-refractivity contribution in [2.75, 3.05) is 6.61 Å². The fourth-order valence-corrected chi connectivity index (χ4v) is 2.55. The van der Waals surface area contributed by atoms with Crippen LogP contribution < -0.4 is 9.47 Å². The summed E-state index contributed by atoms with van der Waals surface area (Å²) in [6, 6.07) is 7.63. The van der Waals surface area contributed by atoms with Crippen molar-refractivity contribution in [3.05, 3.63) is 24.3 Å². The average molecular weight is 278 g/mol. The van der Waals surface area contributed by atoms with Crippen molar-refractivity contribution in [2.45, 2.75) is 64.1 Å². The second-order valence-corrected chi connectivity index (χ2v) is 5.54. The van der Waals surface area contributed by atoms with Crippen LogP contribution in [0.2, 0.25) is 0 Å². The topological polar surface area (TPSA) is 38.7 Å². The van der Waals surface area contributed by atoms with E-state index < -0.39 is 6.10 Å². The molecule has 2 atom stereocenters. The van der Waals surface area contributed by atoms with Crippen molar-refractivity contribution >= 4 is 0 Å². The lowest BCUT2D eigenvalue weighted by Crippen LogP contribution is -2.39. The number of para-hydroxylation sites is 2. The number of aliphatic hydroxyl groups excluding tert-OH is 1. The van der Waals surface area contributed by atoms with E-state index in [0.29, 0.717) is 6.61 Å². The van der Waals surface area contributed by atoms with Gasteiger partial charge in [-0.15, -0.1) is 0 Å². The van der Waals surface area contributed by atoms with Gasteiger partial charge in [0.05, 0.1) is 6.10 Å². The van der Waals surface area contributed by atoms with Crippen LogP contribution >= 0.6 is 0 Å². The first kappa shape index (κ1) is 15.2. The third kappa shape index (κ3) is 4.41. The van der Waals surface area contributed by atoms with Gasteiger partial charge in [0.2, 0.25) is 0 Å². The summed E-state index contributed by atoms with van der Waals surface area (Å²) in [6.45, 7) is 2.66. The fraction of sp³-hybridized carbons (Fsp3) is 0.647. The molecule has 0 spiro atoms. The van der Waals surface area contributed by atoms with Crippen molar-refractivity contribution in [3.63, 3.8) is 0 Å². The first-order valence-corrected chi connectivity index (χ1v) is 7.88. The quantitative estimate of drug-likeness (QED) is 0.732.